The normalized spacial score (nSPS) is 13.4. The summed E-state index contributed by atoms with van der Waals surface area (Å²) in [6.45, 7) is 4.71. The monoisotopic (exact) mass is 613 g/mol. The number of aromatic nitrogens is 3. The van der Waals surface area contributed by atoms with Crippen molar-refractivity contribution < 1.29 is 0 Å². The van der Waals surface area contributed by atoms with Crippen LogP contribution in [0.4, 0.5) is 0 Å². The average molecular weight is 614 g/mol. The van der Waals surface area contributed by atoms with Gasteiger partial charge in [0.2, 0.25) is 0 Å². The largest absolute Gasteiger partial charge is 0.309 e. The Morgan fingerprint density at radius 2 is 1.29 bits per heavy atom. The predicted molar refractivity (Wildman–Crippen MR) is 200 cm³/mol. The number of rotatable bonds is 3. The summed E-state index contributed by atoms with van der Waals surface area (Å²) in [5, 5.41) is 4.79. The lowest BCUT2D eigenvalue weighted by atomic mass is 9.82. The second kappa shape index (κ2) is 9.97. The lowest BCUT2D eigenvalue weighted by Crippen LogP contribution is -2.14. The van der Waals surface area contributed by atoms with Crippen molar-refractivity contribution in [1.82, 2.24) is 14.5 Å². The molecule has 1 aliphatic carbocycles. The van der Waals surface area contributed by atoms with E-state index in [4.69, 9.17) is 4.98 Å². The van der Waals surface area contributed by atoms with E-state index in [1.165, 1.54) is 55.2 Å². The molecule has 0 aliphatic heterocycles. The third-order valence-corrected chi connectivity index (χ3v) is 10.4. The first kappa shape index (κ1) is 27.1. The molecule has 3 heterocycles. The highest BCUT2D eigenvalue weighted by Crippen LogP contribution is 2.51. The third-order valence-electron chi connectivity index (χ3n) is 10.4. The summed E-state index contributed by atoms with van der Waals surface area (Å²) in [5.74, 6) is 0. The number of nitrogens with zero attached hydrogens (tertiary/aromatic N) is 3. The van der Waals surface area contributed by atoms with Gasteiger partial charge in [0.15, 0.2) is 0 Å². The Morgan fingerprint density at radius 1 is 0.521 bits per heavy atom. The van der Waals surface area contributed by atoms with Crippen LogP contribution in [0.1, 0.15) is 25.0 Å². The van der Waals surface area contributed by atoms with Crippen molar-refractivity contribution in [2.75, 3.05) is 0 Å². The van der Waals surface area contributed by atoms with Crippen LogP contribution in [-0.2, 0) is 5.41 Å². The maximum Gasteiger partial charge on any atom is 0.0971 e. The minimum absolute atomic E-state index is 0.0673. The van der Waals surface area contributed by atoms with Crippen LogP contribution in [0.15, 0.2) is 152 Å². The van der Waals surface area contributed by atoms with Crippen molar-refractivity contribution in [2.45, 2.75) is 19.3 Å². The molecule has 48 heavy (non-hydrogen) atoms. The summed E-state index contributed by atoms with van der Waals surface area (Å²) < 4.78 is 2.45. The quantitative estimate of drug-likeness (QED) is 0.186. The Kier molecular flexibility index (Phi) is 5.63. The second-order valence-electron chi connectivity index (χ2n) is 13.5. The first-order chi connectivity index (χ1) is 23.6. The van der Waals surface area contributed by atoms with Gasteiger partial charge in [-0.25, -0.2) is 0 Å². The first-order valence-corrected chi connectivity index (χ1v) is 16.6. The van der Waals surface area contributed by atoms with E-state index in [0.717, 1.165) is 38.6 Å². The highest BCUT2D eigenvalue weighted by atomic mass is 15.0. The molecule has 0 N–H and O–H groups in total. The van der Waals surface area contributed by atoms with Crippen LogP contribution in [0.2, 0.25) is 0 Å². The van der Waals surface area contributed by atoms with Crippen LogP contribution >= 0.6 is 0 Å². The van der Waals surface area contributed by atoms with Gasteiger partial charge in [-0.05, 0) is 93.0 Å². The van der Waals surface area contributed by atoms with Crippen molar-refractivity contribution in [1.29, 1.82) is 0 Å². The summed E-state index contributed by atoms with van der Waals surface area (Å²) in [6, 6.07) is 50.9. The molecule has 3 heteroatoms. The molecule has 9 aromatic rings. The molecule has 0 unspecified atom stereocenters. The summed E-state index contributed by atoms with van der Waals surface area (Å²) >= 11 is 0. The fraction of sp³-hybridized carbons (Fsp3) is 0.0667. The SMILES string of the molecule is CC1(C)c2ccccc2-c2cc3c4ccccc4n(-c4cccc(-c5cccc(-c6cccc7cnc8cccnc8c67)c5)c4)c3cc21. The molecular weight excluding hydrogens is 583 g/mol. The van der Waals surface area contributed by atoms with E-state index in [2.05, 4.69) is 151 Å². The van der Waals surface area contributed by atoms with Gasteiger partial charge < -0.3 is 4.57 Å². The average Bonchev–Trinajstić information content (AvgIpc) is 3.58. The van der Waals surface area contributed by atoms with Crippen molar-refractivity contribution in [2.24, 2.45) is 0 Å². The molecule has 3 nitrogen and oxygen atoms in total. The molecule has 0 spiro atoms. The van der Waals surface area contributed by atoms with Crippen LogP contribution in [-0.4, -0.2) is 14.5 Å². The molecule has 0 fully saturated rings. The molecule has 1 aliphatic rings. The molecule has 3 aromatic heterocycles. The number of hydrogen-bond donors (Lipinski definition) is 0. The molecule has 0 bridgehead atoms. The summed E-state index contributed by atoms with van der Waals surface area (Å²) in [6.07, 6.45) is 3.81. The maximum atomic E-state index is 4.74. The summed E-state index contributed by atoms with van der Waals surface area (Å²) in [5.41, 5.74) is 15.6. The molecule has 0 radical (unpaired) electrons. The fourth-order valence-electron chi connectivity index (χ4n) is 8.15. The number of hydrogen-bond acceptors (Lipinski definition) is 2. The van der Waals surface area contributed by atoms with Crippen LogP contribution < -0.4 is 0 Å². The minimum Gasteiger partial charge on any atom is -0.309 e. The van der Waals surface area contributed by atoms with Gasteiger partial charge in [-0.2, -0.15) is 0 Å². The van der Waals surface area contributed by atoms with E-state index < -0.39 is 0 Å². The molecule has 0 atom stereocenters. The van der Waals surface area contributed by atoms with Crippen LogP contribution in [0.25, 0.3) is 82.7 Å². The second-order valence-corrected chi connectivity index (χ2v) is 13.5. The van der Waals surface area contributed by atoms with Crippen molar-refractivity contribution in [3.8, 4) is 39.1 Å². The Labute approximate surface area is 278 Å². The van der Waals surface area contributed by atoms with E-state index in [-0.39, 0.29) is 5.41 Å². The zero-order valence-electron chi connectivity index (χ0n) is 26.8. The number of fused-ring (bicyclic) bond motifs is 9. The van der Waals surface area contributed by atoms with E-state index in [1.807, 2.05) is 24.5 Å². The minimum atomic E-state index is -0.0673. The van der Waals surface area contributed by atoms with Gasteiger partial charge in [-0.1, -0.05) is 105 Å². The number of pyridine rings is 2. The fourth-order valence-corrected chi connectivity index (χ4v) is 8.15. The van der Waals surface area contributed by atoms with Crippen LogP contribution in [0.5, 0.6) is 0 Å². The van der Waals surface area contributed by atoms with Gasteiger partial charge in [0, 0.05) is 45.0 Å². The topological polar surface area (TPSA) is 30.7 Å². The molecular formula is C45H31N3. The van der Waals surface area contributed by atoms with E-state index in [9.17, 15) is 0 Å². The zero-order valence-corrected chi connectivity index (χ0v) is 26.8. The van der Waals surface area contributed by atoms with E-state index in [1.54, 1.807) is 0 Å². The lowest BCUT2D eigenvalue weighted by molar-refractivity contribution is 0.661. The van der Waals surface area contributed by atoms with Crippen molar-refractivity contribution in [3.05, 3.63) is 163 Å². The van der Waals surface area contributed by atoms with Gasteiger partial charge in [-0.15, -0.1) is 0 Å². The Hall–Kier alpha value is -6.06. The van der Waals surface area contributed by atoms with Crippen molar-refractivity contribution in [3.63, 3.8) is 0 Å². The van der Waals surface area contributed by atoms with Crippen LogP contribution in [0.3, 0.4) is 0 Å². The Bertz CT molecular complexity index is 2770. The van der Waals surface area contributed by atoms with Gasteiger partial charge in [0.1, 0.15) is 0 Å². The highest BCUT2D eigenvalue weighted by Gasteiger charge is 2.36. The summed E-state index contributed by atoms with van der Waals surface area (Å²) in [7, 11) is 0. The Morgan fingerprint density at radius 3 is 2.23 bits per heavy atom. The smallest absolute Gasteiger partial charge is 0.0971 e. The predicted octanol–water partition coefficient (Wildman–Crippen LogP) is 11.5. The first-order valence-electron chi connectivity index (χ1n) is 16.6. The Balaban J connectivity index is 1.15. The van der Waals surface area contributed by atoms with Crippen LogP contribution in [0, 0.1) is 0 Å². The summed E-state index contributed by atoms with van der Waals surface area (Å²) in [4.78, 5) is 9.40. The molecule has 0 saturated carbocycles. The molecule has 0 amide bonds. The highest BCUT2D eigenvalue weighted by molar-refractivity contribution is 6.12. The molecule has 6 aromatic carbocycles. The zero-order chi connectivity index (χ0) is 32.0. The lowest BCUT2D eigenvalue weighted by Gasteiger charge is -2.21. The molecule has 226 valence electrons. The van der Waals surface area contributed by atoms with Gasteiger partial charge >= 0.3 is 0 Å². The van der Waals surface area contributed by atoms with E-state index in [0.29, 0.717) is 0 Å². The molecule has 10 rings (SSSR count). The maximum absolute atomic E-state index is 4.74. The number of para-hydroxylation sites is 1. The van der Waals surface area contributed by atoms with Crippen molar-refractivity contribution >= 4 is 43.6 Å². The van der Waals surface area contributed by atoms with E-state index >= 15 is 0 Å². The molecule has 0 saturated heterocycles. The van der Waals surface area contributed by atoms with Gasteiger partial charge in [0.05, 0.1) is 22.1 Å². The van der Waals surface area contributed by atoms with Gasteiger partial charge in [-0.3, -0.25) is 9.97 Å². The number of benzene rings is 6. The third kappa shape index (κ3) is 3.82. The standard InChI is InChI=1S/C45H31N3/c1-45(2)38-19-5-3-16-34(38)36-25-37-35-17-4-6-21-41(35)48(42(37)26-39(36)45)32-15-8-12-29(24-32)28-11-7-13-30(23-28)33-18-9-14-31-27-47-40-20-10-22-46-44(40)43(31)33/h3-27H,1-2H3. The van der Waals surface area contributed by atoms with Gasteiger partial charge in [0.25, 0.3) is 0 Å².